The van der Waals surface area contributed by atoms with E-state index in [1.165, 1.54) is 5.56 Å². The van der Waals surface area contributed by atoms with Gasteiger partial charge in [-0.05, 0) is 36.3 Å². The summed E-state index contributed by atoms with van der Waals surface area (Å²) in [6.45, 7) is 2.08. The summed E-state index contributed by atoms with van der Waals surface area (Å²) < 4.78 is 0. The minimum absolute atomic E-state index is 0.0616. The Bertz CT molecular complexity index is 895. The maximum Gasteiger partial charge on any atom is 0.0653 e. The maximum absolute atomic E-state index is 6.56. The average Bonchev–Trinajstić information content (AvgIpc) is 2.67. The molecular weight excluding hydrogens is 324 g/mol. The van der Waals surface area contributed by atoms with E-state index in [0.717, 1.165) is 16.7 Å². The average molecular weight is 343 g/mol. The van der Waals surface area contributed by atoms with Gasteiger partial charge in [-0.2, -0.15) is 0 Å². The molecule has 0 spiro atoms. The molecule has 0 aliphatic carbocycles. The number of hydrogen-bond acceptors (Lipinski definition) is 0. The summed E-state index contributed by atoms with van der Waals surface area (Å²) in [5, 5.41) is 0.716. The van der Waals surface area contributed by atoms with Crippen molar-refractivity contribution in [3.8, 4) is 11.8 Å². The van der Waals surface area contributed by atoms with E-state index in [0.29, 0.717) is 5.03 Å². The van der Waals surface area contributed by atoms with E-state index in [4.69, 9.17) is 11.6 Å². The van der Waals surface area contributed by atoms with Crippen molar-refractivity contribution in [3.63, 3.8) is 0 Å². The van der Waals surface area contributed by atoms with Gasteiger partial charge in [0, 0.05) is 10.6 Å². The third-order valence-electron chi connectivity index (χ3n) is 3.94. The van der Waals surface area contributed by atoms with Crippen LogP contribution in [0.25, 0.3) is 5.03 Å². The van der Waals surface area contributed by atoms with Gasteiger partial charge in [-0.25, -0.2) is 0 Å². The van der Waals surface area contributed by atoms with Crippen molar-refractivity contribution in [3.05, 3.63) is 113 Å². The molecule has 0 bridgehead atoms. The van der Waals surface area contributed by atoms with Crippen molar-refractivity contribution >= 4 is 16.6 Å². The second-order valence-corrected chi connectivity index (χ2v) is 6.31. The minimum atomic E-state index is -0.0616. The Morgan fingerprint density at radius 3 is 2.08 bits per heavy atom. The molecule has 0 amide bonds. The largest absolute Gasteiger partial charge is 0.0854 e. The number of hydrogen-bond donors (Lipinski definition) is 0. The van der Waals surface area contributed by atoms with Gasteiger partial charge in [0.15, 0.2) is 0 Å². The van der Waals surface area contributed by atoms with Gasteiger partial charge in [0.05, 0.1) is 5.92 Å². The zero-order valence-electron chi connectivity index (χ0n) is 14.1. The molecule has 0 fully saturated rings. The standard InChI is InChI=1S/C24H19Cl/c1-19-12-15-21(16-13-19)23(17-14-20-8-4-2-5-9-20)18-24(25)22-10-6-3-7-11-22/h2-13,15-16,18,23H,1H3/b24-18+. The van der Waals surface area contributed by atoms with Crippen LogP contribution in [-0.2, 0) is 0 Å². The number of allylic oxidation sites excluding steroid dienone is 1. The van der Waals surface area contributed by atoms with Crippen LogP contribution < -0.4 is 0 Å². The van der Waals surface area contributed by atoms with E-state index in [9.17, 15) is 0 Å². The van der Waals surface area contributed by atoms with Crippen molar-refractivity contribution in [2.45, 2.75) is 12.8 Å². The normalized spacial score (nSPS) is 12.2. The number of benzene rings is 3. The first-order chi connectivity index (χ1) is 12.2. The molecule has 0 aliphatic heterocycles. The molecule has 3 rings (SSSR count). The van der Waals surface area contributed by atoms with E-state index in [2.05, 4.69) is 43.0 Å². The zero-order valence-corrected chi connectivity index (χ0v) is 14.9. The van der Waals surface area contributed by atoms with Gasteiger partial charge >= 0.3 is 0 Å². The second-order valence-electron chi connectivity index (χ2n) is 5.90. The Morgan fingerprint density at radius 1 is 0.840 bits per heavy atom. The lowest BCUT2D eigenvalue weighted by molar-refractivity contribution is 1.13. The van der Waals surface area contributed by atoms with Crippen molar-refractivity contribution in [1.29, 1.82) is 0 Å². The lowest BCUT2D eigenvalue weighted by atomic mass is 9.96. The van der Waals surface area contributed by atoms with Crippen LogP contribution >= 0.6 is 11.6 Å². The predicted molar refractivity (Wildman–Crippen MR) is 108 cm³/mol. The van der Waals surface area contributed by atoms with Gasteiger partial charge in [0.25, 0.3) is 0 Å². The molecule has 0 aliphatic rings. The monoisotopic (exact) mass is 342 g/mol. The van der Waals surface area contributed by atoms with E-state index in [1.54, 1.807) is 0 Å². The van der Waals surface area contributed by atoms with Gasteiger partial charge < -0.3 is 0 Å². The first kappa shape index (κ1) is 17.1. The van der Waals surface area contributed by atoms with Crippen molar-refractivity contribution < 1.29 is 0 Å². The van der Waals surface area contributed by atoms with Crippen molar-refractivity contribution in [2.75, 3.05) is 0 Å². The molecule has 3 aromatic carbocycles. The summed E-state index contributed by atoms with van der Waals surface area (Å²) in [6, 6.07) is 28.5. The SMILES string of the molecule is Cc1ccc(C(C#Cc2ccccc2)/C=C(/Cl)c2ccccc2)cc1. The fraction of sp³-hybridized carbons (Fsp3) is 0.0833. The van der Waals surface area contributed by atoms with Gasteiger partial charge in [-0.15, -0.1) is 0 Å². The highest BCUT2D eigenvalue weighted by molar-refractivity contribution is 6.48. The summed E-state index contributed by atoms with van der Waals surface area (Å²) in [5.41, 5.74) is 4.38. The molecule has 0 N–H and O–H groups in total. The lowest BCUT2D eigenvalue weighted by Crippen LogP contribution is -1.93. The van der Waals surface area contributed by atoms with E-state index < -0.39 is 0 Å². The fourth-order valence-corrected chi connectivity index (χ4v) is 2.77. The summed E-state index contributed by atoms with van der Waals surface area (Å²) in [7, 11) is 0. The van der Waals surface area contributed by atoms with Crippen molar-refractivity contribution in [2.24, 2.45) is 0 Å². The Kier molecular flexibility index (Phi) is 5.73. The Hall–Kier alpha value is -2.75. The maximum atomic E-state index is 6.56. The molecule has 1 unspecified atom stereocenters. The summed E-state index contributed by atoms with van der Waals surface area (Å²) in [6.07, 6.45) is 2.03. The van der Waals surface area contributed by atoms with Gasteiger partial charge in [0.1, 0.15) is 0 Å². The molecule has 0 nitrogen and oxygen atoms in total. The first-order valence-corrected chi connectivity index (χ1v) is 8.66. The second kappa shape index (κ2) is 8.38. The van der Waals surface area contributed by atoms with E-state index in [1.807, 2.05) is 66.7 Å². The lowest BCUT2D eigenvalue weighted by Gasteiger charge is -2.09. The first-order valence-electron chi connectivity index (χ1n) is 8.28. The Balaban J connectivity index is 1.97. The van der Waals surface area contributed by atoms with Gasteiger partial charge in [-0.1, -0.05) is 102 Å². The molecule has 0 aromatic heterocycles. The molecule has 0 radical (unpaired) electrons. The third kappa shape index (κ3) is 4.86. The Labute approximate surface area is 154 Å². The van der Waals surface area contributed by atoms with Crippen LogP contribution in [0.5, 0.6) is 0 Å². The summed E-state index contributed by atoms with van der Waals surface area (Å²) in [4.78, 5) is 0. The molecular formula is C24H19Cl. The molecule has 122 valence electrons. The van der Waals surface area contributed by atoms with Crippen LogP contribution in [0.1, 0.15) is 28.2 Å². The van der Waals surface area contributed by atoms with Crippen LogP contribution in [-0.4, -0.2) is 0 Å². The highest BCUT2D eigenvalue weighted by Crippen LogP contribution is 2.26. The number of aryl methyl sites for hydroxylation is 1. The molecule has 0 saturated heterocycles. The van der Waals surface area contributed by atoms with Crippen molar-refractivity contribution in [1.82, 2.24) is 0 Å². The predicted octanol–water partition coefficient (Wildman–Crippen LogP) is 6.41. The third-order valence-corrected chi connectivity index (χ3v) is 4.29. The molecule has 1 heteroatoms. The number of halogens is 1. The van der Waals surface area contributed by atoms with Gasteiger partial charge in [0.2, 0.25) is 0 Å². The number of rotatable bonds is 3. The molecule has 3 aromatic rings. The Morgan fingerprint density at radius 2 is 1.44 bits per heavy atom. The molecule has 0 saturated carbocycles. The minimum Gasteiger partial charge on any atom is -0.0854 e. The van der Waals surface area contributed by atoms with E-state index in [-0.39, 0.29) is 5.92 Å². The van der Waals surface area contributed by atoms with Crippen LogP contribution in [0.4, 0.5) is 0 Å². The molecule has 25 heavy (non-hydrogen) atoms. The fourth-order valence-electron chi connectivity index (χ4n) is 2.52. The summed E-state index contributed by atoms with van der Waals surface area (Å²) in [5.74, 6) is 6.56. The van der Waals surface area contributed by atoms with Crippen LogP contribution in [0.15, 0.2) is 91.0 Å². The summed E-state index contributed by atoms with van der Waals surface area (Å²) >= 11 is 6.56. The smallest absolute Gasteiger partial charge is 0.0653 e. The molecule has 1 atom stereocenters. The van der Waals surface area contributed by atoms with Crippen LogP contribution in [0.2, 0.25) is 0 Å². The van der Waals surface area contributed by atoms with Gasteiger partial charge in [-0.3, -0.25) is 0 Å². The molecule has 0 heterocycles. The van der Waals surface area contributed by atoms with E-state index >= 15 is 0 Å². The topological polar surface area (TPSA) is 0 Å². The highest BCUT2D eigenvalue weighted by atomic mass is 35.5. The highest BCUT2D eigenvalue weighted by Gasteiger charge is 2.08. The quantitative estimate of drug-likeness (QED) is 0.482. The van der Waals surface area contributed by atoms with Crippen LogP contribution in [0.3, 0.4) is 0 Å². The van der Waals surface area contributed by atoms with Crippen LogP contribution in [0, 0.1) is 18.8 Å². The zero-order chi connectivity index (χ0) is 17.5.